The Morgan fingerprint density at radius 3 is 2.56 bits per heavy atom. The van der Waals surface area contributed by atoms with Gasteiger partial charge in [-0.15, -0.1) is 0 Å². The smallest absolute Gasteiger partial charge is 0.251 e. The van der Waals surface area contributed by atoms with Crippen molar-refractivity contribution in [2.24, 2.45) is 0 Å². The number of aromatic nitrogens is 1. The SMILES string of the molecule is Cc1cc2cc(CCC(=O)NCCc3ccccc3F)c(=O)[nH]c2cc1C. The van der Waals surface area contributed by atoms with Crippen LogP contribution in [-0.2, 0) is 17.6 Å². The number of carbonyl (C=O) groups excluding carboxylic acids is 1. The fourth-order valence-corrected chi connectivity index (χ4v) is 3.08. The molecular weight excluding hydrogens is 343 g/mol. The molecular formula is C22H23FN2O2. The number of pyridine rings is 1. The number of fused-ring (bicyclic) bond motifs is 1. The molecule has 0 bridgehead atoms. The van der Waals surface area contributed by atoms with E-state index in [0.29, 0.717) is 30.5 Å². The zero-order chi connectivity index (χ0) is 19.4. The van der Waals surface area contributed by atoms with Crippen LogP contribution in [0.25, 0.3) is 10.9 Å². The van der Waals surface area contributed by atoms with E-state index in [1.807, 2.05) is 32.0 Å². The highest BCUT2D eigenvalue weighted by Crippen LogP contribution is 2.17. The number of hydrogen-bond acceptors (Lipinski definition) is 2. The normalized spacial score (nSPS) is 10.9. The Bertz CT molecular complexity index is 1040. The Morgan fingerprint density at radius 1 is 1.04 bits per heavy atom. The summed E-state index contributed by atoms with van der Waals surface area (Å²) in [6.07, 6.45) is 1.02. The van der Waals surface area contributed by atoms with Crippen LogP contribution in [0, 0.1) is 19.7 Å². The van der Waals surface area contributed by atoms with Crippen molar-refractivity contribution in [3.05, 3.63) is 80.9 Å². The van der Waals surface area contributed by atoms with Crippen LogP contribution in [0.15, 0.2) is 47.3 Å². The Hall–Kier alpha value is -2.95. The summed E-state index contributed by atoms with van der Waals surface area (Å²) in [6.45, 7) is 4.40. The summed E-state index contributed by atoms with van der Waals surface area (Å²) in [6, 6.07) is 12.4. The molecule has 1 heterocycles. The minimum atomic E-state index is -0.264. The molecule has 0 aliphatic heterocycles. The van der Waals surface area contributed by atoms with Gasteiger partial charge in [0.15, 0.2) is 0 Å². The van der Waals surface area contributed by atoms with Crippen molar-refractivity contribution in [3.63, 3.8) is 0 Å². The number of benzene rings is 2. The number of nitrogens with one attached hydrogen (secondary N) is 2. The van der Waals surface area contributed by atoms with Gasteiger partial charge in [0, 0.05) is 24.0 Å². The van der Waals surface area contributed by atoms with Gasteiger partial charge in [-0.1, -0.05) is 18.2 Å². The average molecular weight is 366 g/mol. The molecule has 0 fully saturated rings. The first-order valence-electron chi connectivity index (χ1n) is 9.07. The third kappa shape index (κ3) is 4.61. The highest BCUT2D eigenvalue weighted by Gasteiger charge is 2.08. The molecule has 2 N–H and O–H groups in total. The first-order chi connectivity index (χ1) is 12.9. The summed E-state index contributed by atoms with van der Waals surface area (Å²) in [5.74, 6) is -0.411. The lowest BCUT2D eigenvalue weighted by Crippen LogP contribution is -2.26. The minimum absolute atomic E-state index is 0.147. The molecule has 2 aromatic carbocycles. The Balaban J connectivity index is 1.58. The van der Waals surface area contributed by atoms with Crippen LogP contribution < -0.4 is 10.9 Å². The molecule has 0 unspecified atom stereocenters. The monoisotopic (exact) mass is 366 g/mol. The van der Waals surface area contributed by atoms with Gasteiger partial charge in [0.1, 0.15) is 5.82 Å². The van der Waals surface area contributed by atoms with E-state index in [1.54, 1.807) is 18.2 Å². The Morgan fingerprint density at radius 2 is 1.78 bits per heavy atom. The second-order valence-corrected chi connectivity index (χ2v) is 6.84. The average Bonchev–Trinajstić information content (AvgIpc) is 2.63. The summed E-state index contributed by atoms with van der Waals surface area (Å²) >= 11 is 0. The standard InChI is InChI=1S/C22H23FN2O2/c1-14-11-18-13-17(22(27)25-20(18)12-15(14)2)7-8-21(26)24-10-9-16-5-3-4-6-19(16)23/h3-6,11-13H,7-10H2,1-2H3,(H,24,26)(H,25,27). The van der Waals surface area contributed by atoms with Crippen LogP contribution in [0.4, 0.5) is 4.39 Å². The van der Waals surface area contributed by atoms with Gasteiger partial charge in [0.05, 0.1) is 0 Å². The van der Waals surface area contributed by atoms with Gasteiger partial charge >= 0.3 is 0 Å². The van der Waals surface area contributed by atoms with E-state index in [2.05, 4.69) is 10.3 Å². The van der Waals surface area contributed by atoms with E-state index in [4.69, 9.17) is 0 Å². The van der Waals surface area contributed by atoms with E-state index in [9.17, 15) is 14.0 Å². The maximum Gasteiger partial charge on any atom is 0.251 e. The van der Waals surface area contributed by atoms with Crippen molar-refractivity contribution in [1.29, 1.82) is 0 Å². The van der Waals surface area contributed by atoms with Gasteiger partial charge in [0.25, 0.3) is 5.56 Å². The number of aromatic amines is 1. The quantitative estimate of drug-likeness (QED) is 0.700. The van der Waals surface area contributed by atoms with E-state index >= 15 is 0 Å². The summed E-state index contributed by atoms with van der Waals surface area (Å²) in [5, 5.41) is 3.75. The van der Waals surface area contributed by atoms with Crippen LogP contribution in [-0.4, -0.2) is 17.4 Å². The summed E-state index contributed by atoms with van der Waals surface area (Å²) in [5.41, 5.74) is 4.10. The van der Waals surface area contributed by atoms with Crippen LogP contribution in [0.3, 0.4) is 0 Å². The lowest BCUT2D eigenvalue weighted by atomic mass is 10.0. The van der Waals surface area contributed by atoms with E-state index in [0.717, 1.165) is 22.0 Å². The van der Waals surface area contributed by atoms with E-state index in [1.165, 1.54) is 6.07 Å². The molecule has 0 spiro atoms. The van der Waals surface area contributed by atoms with Crippen LogP contribution >= 0.6 is 0 Å². The fourth-order valence-electron chi connectivity index (χ4n) is 3.08. The van der Waals surface area contributed by atoms with E-state index in [-0.39, 0.29) is 23.7 Å². The topological polar surface area (TPSA) is 62.0 Å². The van der Waals surface area contributed by atoms with Crippen molar-refractivity contribution in [3.8, 4) is 0 Å². The molecule has 27 heavy (non-hydrogen) atoms. The number of halogens is 1. The second-order valence-electron chi connectivity index (χ2n) is 6.84. The maximum atomic E-state index is 13.6. The van der Waals surface area contributed by atoms with Crippen LogP contribution in [0.2, 0.25) is 0 Å². The zero-order valence-electron chi connectivity index (χ0n) is 15.6. The van der Waals surface area contributed by atoms with Crippen LogP contribution in [0.1, 0.15) is 28.7 Å². The van der Waals surface area contributed by atoms with Crippen molar-refractivity contribution in [2.45, 2.75) is 33.1 Å². The molecule has 0 radical (unpaired) electrons. The Kier molecular flexibility index (Phi) is 5.69. The summed E-state index contributed by atoms with van der Waals surface area (Å²) in [4.78, 5) is 27.2. The zero-order valence-corrected chi connectivity index (χ0v) is 15.6. The predicted octanol–water partition coefficient (Wildman–Crippen LogP) is 3.58. The lowest BCUT2D eigenvalue weighted by molar-refractivity contribution is -0.121. The van der Waals surface area contributed by atoms with Crippen molar-refractivity contribution in [2.75, 3.05) is 6.54 Å². The Labute approximate surface area is 157 Å². The molecule has 0 aliphatic rings. The van der Waals surface area contributed by atoms with Gasteiger partial charge in [-0.3, -0.25) is 9.59 Å². The van der Waals surface area contributed by atoms with E-state index < -0.39 is 0 Å². The molecule has 0 saturated heterocycles. The molecule has 0 saturated carbocycles. The highest BCUT2D eigenvalue weighted by molar-refractivity contribution is 5.81. The van der Waals surface area contributed by atoms with Gasteiger partial charge in [-0.25, -0.2) is 4.39 Å². The molecule has 140 valence electrons. The largest absolute Gasteiger partial charge is 0.356 e. The first-order valence-corrected chi connectivity index (χ1v) is 9.07. The highest BCUT2D eigenvalue weighted by atomic mass is 19.1. The van der Waals surface area contributed by atoms with Gasteiger partial charge in [0.2, 0.25) is 5.91 Å². The van der Waals surface area contributed by atoms with Gasteiger partial charge in [-0.05, 0) is 73.0 Å². The third-order valence-electron chi connectivity index (χ3n) is 4.83. The third-order valence-corrected chi connectivity index (χ3v) is 4.83. The number of rotatable bonds is 6. The second kappa shape index (κ2) is 8.16. The molecule has 4 nitrogen and oxygen atoms in total. The number of H-pyrrole nitrogens is 1. The minimum Gasteiger partial charge on any atom is -0.356 e. The number of carbonyl (C=O) groups is 1. The lowest BCUT2D eigenvalue weighted by Gasteiger charge is -2.08. The van der Waals surface area contributed by atoms with Crippen LogP contribution in [0.5, 0.6) is 0 Å². The molecule has 0 aliphatic carbocycles. The predicted molar refractivity (Wildman–Crippen MR) is 105 cm³/mol. The molecule has 0 atom stereocenters. The molecule has 5 heteroatoms. The van der Waals surface area contributed by atoms with Gasteiger partial charge < -0.3 is 10.3 Å². The molecule has 1 amide bonds. The van der Waals surface area contributed by atoms with Crippen molar-refractivity contribution in [1.82, 2.24) is 10.3 Å². The molecule has 3 rings (SSSR count). The van der Waals surface area contributed by atoms with Crippen molar-refractivity contribution < 1.29 is 9.18 Å². The summed E-state index contributed by atoms with van der Waals surface area (Å²) in [7, 11) is 0. The number of aryl methyl sites for hydroxylation is 3. The number of amides is 1. The summed E-state index contributed by atoms with van der Waals surface area (Å²) < 4.78 is 13.6. The molecule has 1 aromatic heterocycles. The number of hydrogen-bond donors (Lipinski definition) is 2. The fraction of sp³-hybridized carbons (Fsp3) is 0.273. The molecule has 3 aromatic rings. The maximum absolute atomic E-state index is 13.6. The van der Waals surface area contributed by atoms with Crippen molar-refractivity contribution >= 4 is 16.8 Å². The first kappa shape index (κ1) is 18.8. The van der Waals surface area contributed by atoms with Gasteiger partial charge in [-0.2, -0.15) is 0 Å².